The monoisotopic (exact) mass is 408 g/mol. The zero-order valence-corrected chi connectivity index (χ0v) is 19.3. The van der Waals surface area contributed by atoms with Crippen molar-refractivity contribution in [3.63, 3.8) is 0 Å². The van der Waals surface area contributed by atoms with Crippen LogP contribution in [0.1, 0.15) is 54.4 Å². The van der Waals surface area contributed by atoms with Crippen molar-refractivity contribution in [1.82, 2.24) is 9.47 Å². The predicted octanol–water partition coefficient (Wildman–Crippen LogP) is 4.79. The largest absolute Gasteiger partial charge is 0.416 e. The van der Waals surface area contributed by atoms with Crippen LogP contribution in [0.2, 0.25) is 16.6 Å². The third-order valence-corrected chi connectivity index (χ3v) is 12.3. The average molecular weight is 409 g/mol. The Balaban J connectivity index is 2.10. The third-order valence-electron chi connectivity index (χ3n) is 6.24. The van der Waals surface area contributed by atoms with Crippen molar-refractivity contribution in [1.29, 1.82) is 10.8 Å². The minimum absolute atomic E-state index is 0.121. The molecule has 0 bridgehead atoms. The number of rotatable bonds is 6. The van der Waals surface area contributed by atoms with Crippen molar-refractivity contribution in [2.24, 2.45) is 5.92 Å². The van der Waals surface area contributed by atoms with E-state index in [2.05, 4.69) is 41.5 Å². The number of nitrogens with one attached hydrogen (secondary N) is 2. The molecular weight excluding hydrogens is 371 g/mol. The molecular formula is C21H37FN4OSi. The summed E-state index contributed by atoms with van der Waals surface area (Å²) >= 11 is 0. The molecule has 1 aromatic heterocycles. The summed E-state index contributed by atoms with van der Waals surface area (Å²) in [6.45, 7) is 16.0. The Morgan fingerprint density at radius 1 is 1.18 bits per heavy atom. The summed E-state index contributed by atoms with van der Waals surface area (Å²) in [5.74, 6) is 0.106. The topological polar surface area (TPSA) is 65.1 Å². The van der Waals surface area contributed by atoms with Crippen LogP contribution in [0.25, 0.3) is 0 Å². The van der Waals surface area contributed by atoms with Crippen LogP contribution in [-0.4, -0.2) is 43.4 Å². The molecule has 1 aliphatic rings. The van der Waals surface area contributed by atoms with E-state index in [-0.39, 0.29) is 11.4 Å². The van der Waals surface area contributed by atoms with Crippen LogP contribution < -0.4 is 5.49 Å². The molecule has 1 aliphatic heterocycles. The highest BCUT2D eigenvalue weighted by Crippen LogP contribution is 2.42. The Morgan fingerprint density at radius 2 is 1.79 bits per heavy atom. The lowest BCUT2D eigenvalue weighted by Gasteiger charge is -2.44. The fourth-order valence-electron chi connectivity index (χ4n) is 4.96. The predicted molar refractivity (Wildman–Crippen MR) is 115 cm³/mol. The van der Waals surface area contributed by atoms with Gasteiger partial charge in [0.15, 0.2) is 8.32 Å². The number of nitrogens with zero attached hydrogens (tertiary/aromatic N) is 2. The van der Waals surface area contributed by atoms with Gasteiger partial charge >= 0.3 is 0 Å². The first kappa shape index (κ1) is 22.8. The lowest BCUT2D eigenvalue weighted by molar-refractivity contribution is 0.158. The summed E-state index contributed by atoms with van der Waals surface area (Å²) in [6, 6.07) is 2.65. The van der Waals surface area contributed by atoms with E-state index in [1.54, 1.807) is 0 Å². The van der Waals surface area contributed by atoms with Gasteiger partial charge in [-0.3, -0.25) is 15.4 Å². The normalized spacial score (nSPS) is 18.4. The van der Waals surface area contributed by atoms with Crippen LogP contribution in [0.5, 0.6) is 0 Å². The Labute approximate surface area is 170 Å². The molecule has 7 heteroatoms. The van der Waals surface area contributed by atoms with Crippen LogP contribution in [0.15, 0.2) is 18.3 Å². The molecule has 1 unspecified atom stereocenters. The second kappa shape index (κ2) is 9.35. The van der Waals surface area contributed by atoms with Gasteiger partial charge in [0.05, 0.1) is 0 Å². The highest BCUT2D eigenvalue weighted by molar-refractivity contribution is 6.77. The molecule has 0 amide bonds. The van der Waals surface area contributed by atoms with Gasteiger partial charge in [-0.25, -0.2) is 4.39 Å². The van der Waals surface area contributed by atoms with Gasteiger partial charge in [-0.15, -0.1) is 0 Å². The van der Waals surface area contributed by atoms with E-state index in [1.165, 1.54) is 22.9 Å². The molecule has 1 saturated heterocycles. The molecule has 0 aliphatic carbocycles. The molecule has 0 aromatic carbocycles. The number of piperidine rings is 1. The van der Waals surface area contributed by atoms with E-state index in [1.807, 2.05) is 4.90 Å². The van der Waals surface area contributed by atoms with Crippen LogP contribution in [0.4, 0.5) is 4.39 Å². The lowest BCUT2D eigenvalue weighted by atomic mass is 9.99. The summed E-state index contributed by atoms with van der Waals surface area (Å²) < 4.78 is 21.7. The Kier molecular flexibility index (Phi) is 7.62. The molecule has 1 atom stereocenters. The van der Waals surface area contributed by atoms with E-state index >= 15 is 0 Å². The minimum atomic E-state index is -1.90. The van der Waals surface area contributed by atoms with Gasteiger partial charge in [-0.1, -0.05) is 41.5 Å². The summed E-state index contributed by atoms with van der Waals surface area (Å²) in [5.41, 5.74) is 1.79. The van der Waals surface area contributed by atoms with Gasteiger partial charge in [0.1, 0.15) is 11.3 Å². The van der Waals surface area contributed by atoms with Crippen LogP contribution in [-0.2, 0) is 4.43 Å². The van der Waals surface area contributed by atoms with Crippen LogP contribution in [0, 0.1) is 22.6 Å². The van der Waals surface area contributed by atoms with Gasteiger partial charge in [0, 0.05) is 25.9 Å². The maximum Gasteiger partial charge on any atom is 0.203 e. The number of pyridine rings is 1. The molecule has 2 rings (SSSR count). The van der Waals surface area contributed by atoms with Gasteiger partial charge in [-0.05, 0) is 47.5 Å². The quantitative estimate of drug-likeness (QED) is 0.404. The number of hydrogen-bond donors (Lipinski definition) is 2. The summed E-state index contributed by atoms with van der Waals surface area (Å²) in [7, 11) is -1.90. The van der Waals surface area contributed by atoms with Crippen molar-refractivity contribution in [2.45, 2.75) is 71.0 Å². The van der Waals surface area contributed by atoms with Crippen LogP contribution in [0.3, 0.4) is 0 Å². The van der Waals surface area contributed by atoms with Crippen molar-refractivity contribution in [3.05, 3.63) is 29.6 Å². The Bertz CT molecular complexity index is 710. The highest BCUT2D eigenvalue weighted by Gasteiger charge is 2.45. The van der Waals surface area contributed by atoms with Gasteiger partial charge in [-0.2, -0.15) is 0 Å². The molecule has 2 N–H and O–H groups in total. The zero-order valence-electron chi connectivity index (χ0n) is 18.3. The van der Waals surface area contributed by atoms with E-state index in [4.69, 9.17) is 15.2 Å². The lowest BCUT2D eigenvalue weighted by Crippen LogP contribution is -2.51. The molecule has 1 aromatic rings. The SMILES string of the molecule is CC(C)[Si](OCC1CCCN(C(=N)n2cc(F)ccc2=N)C1)(C(C)C)C(C)C. The van der Waals surface area contributed by atoms with E-state index in [0.717, 1.165) is 32.5 Å². The number of likely N-dealkylation sites (tertiary alicyclic amines) is 1. The molecule has 1 fully saturated rings. The summed E-state index contributed by atoms with van der Waals surface area (Å²) in [6.07, 6.45) is 3.29. The van der Waals surface area contributed by atoms with Gasteiger partial charge in [0.2, 0.25) is 5.96 Å². The number of halogens is 1. The molecule has 158 valence electrons. The fourth-order valence-corrected chi connectivity index (χ4v) is 10.5. The first-order valence-electron chi connectivity index (χ1n) is 10.5. The smallest absolute Gasteiger partial charge is 0.203 e. The molecule has 0 saturated carbocycles. The van der Waals surface area contributed by atoms with Gasteiger partial charge < -0.3 is 9.33 Å². The number of aromatic nitrogens is 1. The first-order chi connectivity index (χ1) is 13.1. The molecule has 0 spiro atoms. The maximum absolute atomic E-state index is 13.6. The van der Waals surface area contributed by atoms with Crippen LogP contribution >= 0.6 is 0 Å². The molecule has 5 nitrogen and oxygen atoms in total. The second-order valence-corrected chi connectivity index (χ2v) is 14.5. The van der Waals surface area contributed by atoms with Crippen molar-refractivity contribution >= 4 is 14.3 Å². The maximum atomic E-state index is 13.6. The third kappa shape index (κ3) is 4.74. The minimum Gasteiger partial charge on any atom is -0.416 e. The van der Waals surface area contributed by atoms with E-state index in [0.29, 0.717) is 22.5 Å². The highest BCUT2D eigenvalue weighted by atomic mass is 28.4. The van der Waals surface area contributed by atoms with Crippen molar-refractivity contribution in [3.8, 4) is 0 Å². The van der Waals surface area contributed by atoms with Gasteiger partial charge in [0.25, 0.3) is 0 Å². The average Bonchev–Trinajstić information content (AvgIpc) is 2.63. The molecule has 2 heterocycles. The molecule has 0 radical (unpaired) electrons. The van der Waals surface area contributed by atoms with Crippen molar-refractivity contribution in [2.75, 3.05) is 19.7 Å². The van der Waals surface area contributed by atoms with E-state index in [9.17, 15) is 4.39 Å². The zero-order chi connectivity index (χ0) is 21.1. The summed E-state index contributed by atoms with van der Waals surface area (Å²) in [5, 5.41) is 16.5. The fraction of sp³-hybridized carbons (Fsp3) is 0.714. The molecule has 28 heavy (non-hydrogen) atoms. The summed E-state index contributed by atoms with van der Waals surface area (Å²) in [4.78, 5) is 1.96. The Hall–Kier alpha value is -1.47. The Morgan fingerprint density at radius 3 is 2.36 bits per heavy atom. The second-order valence-electron chi connectivity index (χ2n) is 9.01. The standard InChI is InChI=1S/C21H37FN4OSi/c1-15(2)28(16(3)4,17(5)6)27-14-18-8-7-11-25(12-18)21(24)26-13-19(22)9-10-20(26)23/h9-10,13,15-18,23-24H,7-8,11-12,14H2,1-6H3. The van der Waals surface area contributed by atoms with E-state index < -0.39 is 14.1 Å². The van der Waals surface area contributed by atoms with Crippen molar-refractivity contribution < 1.29 is 8.82 Å². The number of hydrogen-bond acceptors (Lipinski definition) is 3. The first-order valence-corrected chi connectivity index (χ1v) is 12.6.